The van der Waals surface area contributed by atoms with Crippen molar-refractivity contribution in [2.24, 2.45) is 0 Å². The summed E-state index contributed by atoms with van der Waals surface area (Å²) in [6, 6.07) is 11.2. The van der Waals surface area contributed by atoms with Gasteiger partial charge in [0.1, 0.15) is 7.37 Å². The van der Waals surface area contributed by atoms with Gasteiger partial charge in [-0.15, -0.1) is 10.2 Å². The van der Waals surface area contributed by atoms with Crippen molar-refractivity contribution in [1.82, 2.24) is 19.7 Å². The molecule has 3 rings (SSSR count). The van der Waals surface area contributed by atoms with E-state index in [0.717, 1.165) is 0 Å². The number of benzene rings is 1. The molecule has 9 heteroatoms. The van der Waals surface area contributed by atoms with Gasteiger partial charge < -0.3 is 9.46 Å². The first-order valence-electron chi connectivity index (χ1n) is 5.99. The van der Waals surface area contributed by atoms with Crippen molar-refractivity contribution < 1.29 is 60.8 Å². The summed E-state index contributed by atoms with van der Waals surface area (Å²) in [5.41, 5.74) is -0.0923. The Morgan fingerprint density at radius 3 is 2.45 bits per heavy atom. The molecule has 22 heavy (non-hydrogen) atoms. The van der Waals surface area contributed by atoms with E-state index in [9.17, 15) is 9.46 Å². The molecule has 0 saturated carbocycles. The van der Waals surface area contributed by atoms with E-state index < -0.39 is 7.37 Å². The van der Waals surface area contributed by atoms with Gasteiger partial charge in [0.25, 0.3) is 0 Å². The number of hydrogen-bond acceptors (Lipinski definition) is 5. The molecule has 106 valence electrons. The Morgan fingerprint density at radius 2 is 1.82 bits per heavy atom. The van der Waals surface area contributed by atoms with E-state index in [-0.39, 0.29) is 67.4 Å². The molecular formula is C13H9ClKN4O2P. The molecular weight excluding hydrogens is 350 g/mol. The maximum absolute atomic E-state index is 12.6. The Bertz CT molecular complexity index is 810. The molecule has 1 atom stereocenters. The predicted molar refractivity (Wildman–Crippen MR) is 77.5 cm³/mol. The number of halogens is 1. The van der Waals surface area contributed by atoms with Crippen LogP contribution >= 0.6 is 19.0 Å². The molecule has 0 bridgehead atoms. The van der Waals surface area contributed by atoms with E-state index in [1.807, 2.05) is 0 Å². The van der Waals surface area contributed by atoms with Crippen molar-refractivity contribution in [1.29, 1.82) is 0 Å². The van der Waals surface area contributed by atoms with Gasteiger partial charge in [-0.25, -0.2) is 4.98 Å². The van der Waals surface area contributed by atoms with Gasteiger partial charge in [-0.3, -0.25) is 4.57 Å². The maximum Gasteiger partial charge on any atom is 1.00 e. The van der Waals surface area contributed by atoms with Gasteiger partial charge in [0.2, 0.25) is 0 Å². The van der Waals surface area contributed by atoms with Gasteiger partial charge >= 0.3 is 51.4 Å². The van der Waals surface area contributed by atoms with Gasteiger partial charge in [-0.1, -0.05) is 41.9 Å². The van der Waals surface area contributed by atoms with Crippen LogP contribution in [0.1, 0.15) is 0 Å². The van der Waals surface area contributed by atoms with Crippen molar-refractivity contribution in [3.63, 3.8) is 0 Å². The minimum absolute atomic E-state index is 0. The van der Waals surface area contributed by atoms with Gasteiger partial charge in [0.15, 0.2) is 16.5 Å². The second-order valence-corrected chi connectivity index (χ2v) is 6.61. The van der Waals surface area contributed by atoms with Crippen molar-refractivity contribution in [2.75, 3.05) is 0 Å². The summed E-state index contributed by atoms with van der Waals surface area (Å²) in [7, 11) is -4.06. The molecule has 3 aromatic rings. The molecule has 2 heterocycles. The van der Waals surface area contributed by atoms with Crippen molar-refractivity contribution >= 4 is 29.8 Å². The van der Waals surface area contributed by atoms with Crippen molar-refractivity contribution in [2.45, 2.75) is 0 Å². The summed E-state index contributed by atoms with van der Waals surface area (Å²) in [6.07, 6.45) is 2.92. The Hall–Kier alpha value is -0.374. The normalized spacial score (nSPS) is 13.2. The molecule has 0 spiro atoms. The van der Waals surface area contributed by atoms with E-state index in [2.05, 4.69) is 15.2 Å². The van der Waals surface area contributed by atoms with Crippen LogP contribution in [0.5, 0.6) is 0 Å². The maximum atomic E-state index is 12.6. The monoisotopic (exact) mass is 358 g/mol. The summed E-state index contributed by atoms with van der Waals surface area (Å²) in [4.78, 5) is 16.6. The van der Waals surface area contributed by atoms with E-state index in [0.29, 0.717) is 5.82 Å². The molecule has 0 amide bonds. The van der Waals surface area contributed by atoms with Crippen LogP contribution in [0, 0.1) is 0 Å². The first-order valence-corrected chi connectivity index (χ1v) is 7.99. The topological polar surface area (TPSA) is 83.7 Å². The summed E-state index contributed by atoms with van der Waals surface area (Å²) in [5.74, 6) is 0.332. The third-order valence-electron chi connectivity index (χ3n) is 2.85. The largest absolute Gasteiger partial charge is 1.00 e. The average Bonchev–Trinajstić information content (AvgIpc) is 2.99. The van der Waals surface area contributed by atoms with Crippen molar-refractivity contribution in [3.05, 3.63) is 60.0 Å². The molecule has 2 aromatic heterocycles. The number of hydrogen-bond donors (Lipinski definition) is 0. The summed E-state index contributed by atoms with van der Waals surface area (Å²) < 4.78 is 14.0. The van der Waals surface area contributed by atoms with E-state index in [1.165, 1.54) is 35.2 Å². The first kappa shape index (κ1) is 18.0. The van der Waals surface area contributed by atoms with Crippen LogP contribution < -0.4 is 67.1 Å². The molecule has 1 unspecified atom stereocenters. The van der Waals surface area contributed by atoms with Crippen LogP contribution in [0.25, 0.3) is 5.82 Å². The van der Waals surface area contributed by atoms with E-state index >= 15 is 0 Å². The summed E-state index contributed by atoms with van der Waals surface area (Å²) >= 11 is 5.68. The number of aromatic nitrogens is 4. The Morgan fingerprint density at radius 1 is 1.09 bits per heavy atom. The molecule has 0 saturated heterocycles. The second kappa shape index (κ2) is 7.46. The van der Waals surface area contributed by atoms with Crippen LogP contribution in [-0.2, 0) is 4.57 Å². The van der Waals surface area contributed by atoms with Crippen molar-refractivity contribution in [3.8, 4) is 5.82 Å². The predicted octanol–water partition coefficient (Wildman–Crippen LogP) is -2.09. The van der Waals surface area contributed by atoms with Crippen LogP contribution in [0.3, 0.4) is 0 Å². The standard InChI is InChI=1S/C13H10ClN4O2P.K/c14-11-6-7-12(17-16-11)18-9-8-15-13(18)21(19,20)10-4-2-1-3-5-10;/h1-9H,(H,19,20);/q;+1/p-1. The van der Waals surface area contributed by atoms with Gasteiger partial charge in [-0.05, 0) is 12.1 Å². The van der Waals surface area contributed by atoms with Gasteiger partial charge in [0, 0.05) is 17.7 Å². The SMILES string of the molecule is O=P([O-])(c1ccccc1)c1nccn1-c1ccc(Cl)nn1.[K+]. The minimum Gasteiger partial charge on any atom is -0.790 e. The minimum atomic E-state index is -4.06. The van der Waals surface area contributed by atoms with Crippen LogP contribution in [0.4, 0.5) is 0 Å². The average molecular weight is 359 g/mol. The molecule has 0 aliphatic carbocycles. The molecule has 0 aliphatic rings. The fraction of sp³-hybridized carbons (Fsp3) is 0. The Kier molecular flexibility index (Phi) is 6.10. The summed E-state index contributed by atoms with van der Waals surface area (Å²) in [6.45, 7) is 0. The fourth-order valence-corrected chi connectivity index (χ4v) is 3.44. The zero-order valence-electron chi connectivity index (χ0n) is 11.6. The van der Waals surface area contributed by atoms with Gasteiger partial charge in [0.05, 0.1) is 0 Å². The molecule has 1 aromatic carbocycles. The third-order valence-corrected chi connectivity index (χ3v) is 4.88. The van der Waals surface area contributed by atoms with Gasteiger partial charge in [-0.2, -0.15) is 0 Å². The van der Waals surface area contributed by atoms with E-state index in [4.69, 9.17) is 11.6 Å². The summed E-state index contributed by atoms with van der Waals surface area (Å²) in [5, 5.41) is 8.00. The van der Waals surface area contributed by atoms with Crippen LogP contribution in [0.2, 0.25) is 5.15 Å². The zero-order valence-corrected chi connectivity index (χ0v) is 16.4. The second-order valence-electron chi connectivity index (χ2n) is 4.20. The molecule has 6 nitrogen and oxygen atoms in total. The number of rotatable bonds is 3. The van der Waals surface area contributed by atoms with E-state index in [1.54, 1.807) is 24.3 Å². The third kappa shape index (κ3) is 3.58. The number of imidazole rings is 1. The quantitative estimate of drug-likeness (QED) is 0.396. The van der Waals surface area contributed by atoms with Crippen LogP contribution in [-0.4, -0.2) is 19.7 Å². The molecule has 0 fully saturated rings. The first-order chi connectivity index (χ1) is 10.1. The molecule has 0 N–H and O–H groups in total. The Labute approximate surface area is 174 Å². The Balaban J connectivity index is 0.00000176. The fourth-order valence-electron chi connectivity index (χ4n) is 1.87. The van der Waals surface area contributed by atoms with Crippen LogP contribution in [0.15, 0.2) is 54.9 Å². The number of nitrogens with zero attached hydrogens (tertiary/aromatic N) is 4. The molecule has 0 radical (unpaired) electrons. The zero-order chi connectivity index (χ0) is 14.9. The molecule has 0 aliphatic heterocycles. The smallest absolute Gasteiger partial charge is 0.790 e.